The fourth-order valence-electron chi connectivity index (χ4n) is 5.85. The Balaban J connectivity index is 1.27. The second-order valence-corrected chi connectivity index (χ2v) is 12.8. The molecule has 44 heavy (non-hydrogen) atoms. The molecule has 0 radical (unpaired) electrons. The topological polar surface area (TPSA) is 51.6 Å². The third kappa shape index (κ3) is 4.19. The van der Waals surface area contributed by atoms with Crippen LogP contribution in [0.3, 0.4) is 0 Å². The molecule has 0 saturated heterocycles. The summed E-state index contributed by atoms with van der Waals surface area (Å²) in [6.45, 7) is 0. The van der Waals surface area contributed by atoms with E-state index in [1.807, 2.05) is 24.3 Å². The van der Waals surface area contributed by atoms with E-state index in [-0.39, 0.29) is 0 Å². The van der Waals surface area contributed by atoms with Crippen molar-refractivity contribution in [2.75, 3.05) is 0 Å². The predicted octanol–water partition coefficient (Wildman–Crippen LogP) is 10.7. The van der Waals surface area contributed by atoms with Crippen molar-refractivity contribution < 1.29 is 0 Å². The van der Waals surface area contributed by atoms with Gasteiger partial charge in [0.2, 0.25) is 0 Å². The molecule has 6 aromatic carbocycles. The minimum atomic E-state index is 0.650. The standard InChI is InChI=1S/C38H22N4S2/c1-3-10-24(11-4-1)35-40-36(42-37(41-35)28-15-9-17-32-33(28)27-14-7-8-16-31(27)43-32)26-19-18-23-20-21-30-34(29(23)22-26)44-38(39-30)25-12-5-2-6-13-25/h1-22H. The summed E-state index contributed by atoms with van der Waals surface area (Å²) in [5, 5.41) is 5.73. The lowest BCUT2D eigenvalue weighted by molar-refractivity contribution is 1.08. The predicted molar refractivity (Wildman–Crippen MR) is 185 cm³/mol. The van der Waals surface area contributed by atoms with E-state index in [1.165, 1.54) is 20.2 Å². The van der Waals surface area contributed by atoms with Crippen LogP contribution in [0.25, 0.3) is 85.9 Å². The van der Waals surface area contributed by atoms with Gasteiger partial charge in [-0.2, -0.15) is 0 Å². The van der Waals surface area contributed by atoms with E-state index in [4.69, 9.17) is 19.9 Å². The molecule has 0 aliphatic rings. The van der Waals surface area contributed by atoms with Crippen molar-refractivity contribution in [1.29, 1.82) is 0 Å². The zero-order chi connectivity index (χ0) is 29.0. The average molecular weight is 599 g/mol. The highest BCUT2D eigenvalue weighted by atomic mass is 32.1. The fourth-order valence-corrected chi connectivity index (χ4v) is 8.08. The zero-order valence-corrected chi connectivity index (χ0v) is 24.9. The number of hydrogen-bond donors (Lipinski definition) is 0. The molecule has 0 fully saturated rings. The Labute approximate surface area is 261 Å². The van der Waals surface area contributed by atoms with Crippen LogP contribution in [0, 0.1) is 0 Å². The first-order valence-electron chi connectivity index (χ1n) is 14.4. The lowest BCUT2D eigenvalue weighted by Gasteiger charge is -2.10. The van der Waals surface area contributed by atoms with Crippen molar-refractivity contribution in [3.63, 3.8) is 0 Å². The van der Waals surface area contributed by atoms with Crippen molar-refractivity contribution >= 4 is 63.8 Å². The van der Waals surface area contributed by atoms with Crippen LogP contribution < -0.4 is 0 Å². The Kier molecular flexibility index (Phi) is 5.82. The molecule has 6 heteroatoms. The average Bonchev–Trinajstić information content (AvgIpc) is 3.71. The Bertz CT molecular complexity index is 2500. The summed E-state index contributed by atoms with van der Waals surface area (Å²) in [6.07, 6.45) is 0. The van der Waals surface area contributed by atoms with E-state index in [0.717, 1.165) is 48.3 Å². The van der Waals surface area contributed by atoms with Gasteiger partial charge in [0.05, 0.1) is 10.2 Å². The molecule has 0 bridgehead atoms. The van der Waals surface area contributed by atoms with Gasteiger partial charge in [-0.25, -0.2) is 19.9 Å². The highest BCUT2D eigenvalue weighted by Crippen LogP contribution is 2.40. The van der Waals surface area contributed by atoms with Crippen molar-refractivity contribution in [3.05, 3.63) is 133 Å². The Morgan fingerprint density at radius 3 is 1.95 bits per heavy atom. The molecule has 0 saturated carbocycles. The number of benzene rings is 6. The maximum absolute atomic E-state index is 5.15. The summed E-state index contributed by atoms with van der Waals surface area (Å²) in [4.78, 5) is 20.2. The second kappa shape index (κ2) is 10.2. The number of thiophene rings is 1. The first-order chi connectivity index (χ1) is 21.8. The van der Waals surface area contributed by atoms with Gasteiger partial charge in [-0.15, -0.1) is 22.7 Å². The van der Waals surface area contributed by atoms with E-state index in [1.54, 1.807) is 22.7 Å². The number of fused-ring (bicyclic) bond motifs is 6. The van der Waals surface area contributed by atoms with E-state index in [9.17, 15) is 0 Å². The normalized spacial score (nSPS) is 11.6. The maximum Gasteiger partial charge on any atom is 0.164 e. The van der Waals surface area contributed by atoms with Gasteiger partial charge in [0.15, 0.2) is 17.5 Å². The SMILES string of the molecule is c1ccc(-c2nc(-c3ccc4ccc5nc(-c6ccccc6)sc5c4c3)nc(-c3cccc4sc5ccccc5c34)n2)cc1. The van der Waals surface area contributed by atoms with Gasteiger partial charge in [0.1, 0.15) is 5.01 Å². The van der Waals surface area contributed by atoms with Crippen molar-refractivity contribution in [3.8, 4) is 44.7 Å². The first kappa shape index (κ1) is 25.2. The number of nitrogens with zero attached hydrogens (tertiary/aromatic N) is 4. The lowest BCUT2D eigenvalue weighted by atomic mass is 10.0. The molecule has 206 valence electrons. The van der Waals surface area contributed by atoms with E-state index in [0.29, 0.717) is 17.5 Å². The molecule has 0 amide bonds. The van der Waals surface area contributed by atoms with Crippen LogP contribution in [0.1, 0.15) is 0 Å². The quantitative estimate of drug-likeness (QED) is 0.202. The summed E-state index contributed by atoms with van der Waals surface area (Å²) < 4.78 is 3.64. The van der Waals surface area contributed by atoms with Crippen LogP contribution in [0.15, 0.2) is 133 Å². The van der Waals surface area contributed by atoms with Gasteiger partial charge in [-0.3, -0.25) is 0 Å². The van der Waals surface area contributed by atoms with Crippen LogP contribution in [0.4, 0.5) is 0 Å². The molecule has 0 unspecified atom stereocenters. The van der Waals surface area contributed by atoms with Crippen molar-refractivity contribution in [2.45, 2.75) is 0 Å². The summed E-state index contributed by atoms with van der Waals surface area (Å²) in [7, 11) is 0. The van der Waals surface area contributed by atoms with Gasteiger partial charge in [0, 0.05) is 47.8 Å². The van der Waals surface area contributed by atoms with Gasteiger partial charge in [-0.05, 0) is 29.7 Å². The van der Waals surface area contributed by atoms with Crippen LogP contribution in [-0.2, 0) is 0 Å². The van der Waals surface area contributed by atoms with Gasteiger partial charge >= 0.3 is 0 Å². The molecular weight excluding hydrogens is 577 g/mol. The lowest BCUT2D eigenvalue weighted by Crippen LogP contribution is -2.00. The third-order valence-electron chi connectivity index (χ3n) is 7.96. The fraction of sp³-hybridized carbons (Fsp3) is 0. The molecule has 3 aromatic heterocycles. The van der Waals surface area contributed by atoms with Gasteiger partial charge in [-0.1, -0.05) is 109 Å². The van der Waals surface area contributed by atoms with E-state index >= 15 is 0 Å². The number of aromatic nitrogens is 4. The molecule has 4 nitrogen and oxygen atoms in total. The minimum Gasteiger partial charge on any atom is -0.236 e. The van der Waals surface area contributed by atoms with Crippen LogP contribution in [-0.4, -0.2) is 19.9 Å². The van der Waals surface area contributed by atoms with Crippen molar-refractivity contribution in [1.82, 2.24) is 19.9 Å². The van der Waals surface area contributed by atoms with Gasteiger partial charge in [0.25, 0.3) is 0 Å². The number of hydrogen-bond acceptors (Lipinski definition) is 6. The monoisotopic (exact) mass is 598 g/mol. The molecule has 0 aliphatic heterocycles. The van der Waals surface area contributed by atoms with E-state index in [2.05, 4.69) is 109 Å². The molecule has 9 aromatic rings. The Morgan fingerprint density at radius 2 is 1.11 bits per heavy atom. The minimum absolute atomic E-state index is 0.650. The van der Waals surface area contributed by atoms with Crippen LogP contribution in [0.5, 0.6) is 0 Å². The second-order valence-electron chi connectivity index (χ2n) is 10.7. The molecule has 9 rings (SSSR count). The van der Waals surface area contributed by atoms with E-state index < -0.39 is 0 Å². The highest BCUT2D eigenvalue weighted by molar-refractivity contribution is 7.26. The summed E-state index contributed by atoms with van der Waals surface area (Å²) in [5.41, 5.74) is 5.04. The third-order valence-corrected chi connectivity index (χ3v) is 10.3. The zero-order valence-electron chi connectivity index (χ0n) is 23.3. The molecule has 0 N–H and O–H groups in total. The largest absolute Gasteiger partial charge is 0.236 e. The maximum atomic E-state index is 5.15. The molecule has 0 aliphatic carbocycles. The Morgan fingerprint density at radius 1 is 0.432 bits per heavy atom. The van der Waals surface area contributed by atoms with Crippen LogP contribution >= 0.6 is 22.7 Å². The molecule has 0 atom stereocenters. The number of thiazole rings is 1. The van der Waals surface area contributed by atoms with Crippen molar-refractivity contribution in [2.24, 2.45) is 0 Å². The smallest absolute Gasteiger partial charge is 0.164 e. The summed E-state index contributed by atoms with van der Waals surface area (Å²) in [5.74, 6) is 1.98. The Hall–Kier alpha value is -5.30. The first-order valence-corrected chi connectivity index (χ1v) is 16.0. The molecule has 3 heterocycles. The van der Waals surface area contributed by atoms with Gasteiger partial charge < -0.3 is 0 Å². The summed E-state index contributed by atoms with van der Waals surface area (Å²) >= 11 is 3.52. The molecular formula is C38H22N4S2. The summed E-state index contributed by atoms with van der Waals surface area (Å²) in [6, 6.07) is 46.2. The molecule has 0 spiro atoms. The highest BCUT2D eigenvalue weighted by Gasteiger charge is 2.18. The van der Waals surface area contributed by atoms with Crippen LogP contribution in [0.2, 0.25) is 0 Å². The number of rotatable bonds is 4.